The first-order valence-corrected chi connectivity index (χ1v) is 7.46. The predicted molar refractivity (Wildman–Crippen MR) is 81.3 cm³/mol. The zero-order chi connectivity index (χ0) is 15.1. The number of nitrogens with one attached hydrogen (secondary N) is 1. The van der Waals surface area contributed by atoms with Crippen molar-refractivity contribution in [2.24, 2.45) is 0 Å². The third-order valence-corrected chi connectivity index (χ3v) is 3.67. The molecule has 5 nitrogen and oxygen atoms in total. The Morgan fingerprint density at radius 3 is 2.76 bits per heavy atom. The van der Waals surface area contributed by atoms with Gasteiger partial charge in [0.25, 0.3) is 0 Å². The van der Waals surface area contributed by atoms with Crippen LogP contribution >= 0.6 is 0 Å². The van der Waals surface area contributed by atoms with Gasteiger partial charge in [0.15, 0.2) is 0 Å². The number of hydrogen-bond acceptors (Lipinski definition) is 4. The summed E-state index contributed by atoms with van der Waals surface area (Å²) in [5.41, 5.74) is 1.11. The summed E-state index contributed by atoms with van der Waals surface area (Å²) in [7, 11) is 1.65. The summed E-state index contributed by atoms with van der Waals surface area (Å²) in [6, 6.07) is 7.82. The molecule has 1 aromatic rings. The zero-order valence-electron chi connectivity index (χ0n) is 12.8. The van der Waals surface area contributed by atoms with E-state index in [0.29, 0.717) is 26.1 Å². The Bertz CT molecular complexity index is 441. The molecule has 116 valence electrons. The van der Waals surface area contributed by atoms with Crippen molar-refractivity contribution < 1.29 is 14.3 Å². The van der Waals surface area contributed by atoms with Gasteiger partial charge in [0.1, 0.15) is 5.75 Å². The Balaban J connectivity index is 1.89. The molecule has 1 N–H and O–H groups in total. The van der Waals surface area contributed by atoms with E-state index in [9.17, 15) is 4.79 Å². The van der Waals surface area contributed by atoms with Crippen LogP contribution in [0.25, 0.3) is 0 Å². The van der Waals surface area contributed by atoms with E-state index in [4.69, 9.17) is 9.47 Å². The first-order valence-electron chi connectivity index (χ1n) is 7.46. The Labute approximate surface area is 126 Å². The molecule has 1 amide bonds. The SMILES string of the molecule is CCN(Cc1ccc(OC)cc1)C(=O)CC1CNCCO1. The number of benzene rings is 1. The first kappa shape index (κ1) is 15.8. The highest BCUT2D eigenvalue weighted by atomic mass is 16.5. The second-order valence-electron chi connectivity index (χ2n) is 5.16. The largest absolute Gasteiger partial charge is 0.497 e. The highest BCUT2D eigenvalue weighted by Gasteiger charge is 2.20. The van der Waals surface area contributed by atoms with Gasteiger partial charge in [0.2, 0.25) is 5.91 Å². The molecule has 1 unspecified atom stereocenters. The van der Waals surface area contributed by atoms with Gasteiger partial charge >= 0.3 is 0 Å². The van der Waals surface area contributed by atoms with Crippen LogP contribution < -0.4 is 10.1 Å². The normalized spacial score (nSPS) is 18.3. The molecule has 0 aliphatic carbocycles. The van der Waals surface area contributed by atoms with Crippen molar-refractivity contribution in [3.8, 4) is 5.75 Å². The van der Waals surface area contributed by atoms with Crippen LogP contribution in [0.15, 0.2) is 24.3 Å². The molecule has 1 fully saturated rings. The van der Waals surface area contributed by atoms with E-state index in [2.05, 4.69) is 5.32 Å². The number of rotatable bonds is 6. The summed E-state index contributed by atoms with van der Waals surface area (Å²) in [6.07, 6.45) is 0.438. The number of amides is 1. The van der Waals surface area contributed by atoms with Crippen LogP contribution in [-0.2, 0) is 16.1 Å². The minimum absolute atomic E-state index is 0.00355. The second kappa shape index (κ2) is 8.00. The predicted octanol–water partition coefficient (Wildman–Crippen LogP) is 1.42. The number of nitrogens with zero attached hydrogens (tertiary/aromatic N) is 1. The first-order chi connectivity index (χ1) is 10.2. The minimum Gasteiger partial charge on any atom is -0.497 e. The van der Waals surface area contributed by atoms with Gasteiger partial charge in [0, 0.05) is 26.2 Å². The molecule has 2 rings (SSSR count). The molecule has 0 bridgehead atoms. The van der Waals surface area contributed by atoms with E-state index >= 15 is 0 Å². The van der Waals surface area contributed by atoms with Crippen molar-refractivity contribution in [1.29, 1.82) is 0 Å². The lowest BCUT2D eigenvalue weighted by Crippen LogP contribution is -2.42. The van der Waals surface area contributed by atoms with Crippen LogP contribution in [0.3, 0.4) is 0 Å². The average Bonchev–Trinajstić information content (AvgIpc) is 2.54. The van der Waals surface area contributed by atoms with Crippen LogP contribution in [-0.4, -0.2) is 50.3 Å². The number of carbonyl (C=O) groups excluding carboxylic acids is 1. The van der Waals surface area contributed by atoms with E-state index in [-0.39, 0.29) is 12.0 Å². The Morgan fingerprint density at radius 1 is 1.43 bits per heavy atom. The standard InChI is InChI=1S/C16H24N2O3/c1-3-18(12-13-4-6-14(20-2)7-5-13)16(19)10-15-11-17-8-9-21-15/h4-7,15,17H,3,8-12H2,1-2H3. The summed E-state index contributed by atoms with van der Waals surface area (Å²) in [4.78, 5) is 14.2. The topological polar surface area (TPSA) is 50.8 Å². The van der Waals surface area contributed by atoms with Gasteiger partial charge in [-0.2, -0.15) is 0 Å². The monoisotopic (exact) mass is 292 g/mol. The summed E-state index contributed by atoms with van der Waals surface area (Å²) in [5.74, 6) is 0.969. The van der Waals surface area contributed by atoms with Gasteiger partial charge in [-0.15, -0.1) is 0 Å². The summed E-state index contributed by atoms with van der Waals surface area (Å²) >= 11 is 0. The Morgan fingerprint density at radius 2 is 2.19 bits per heavy atom. The van der Waals surface area contributed by atoms with E-state index in [1.54, 1.807) is 7.11 Å². The molecule has 0 aromatic heterocycles. The van der Waals surface area contributed by atoms with Gasteiger partial charge in [-0.05, 0) is 24.6 Å². The number of hydrogen-bond donors (Lipinski definition) is 1. The Kier molecular flexibility index (Phi) is 6.02. The minimum atomic E-state index is -0.00355. The lowest BCUT2D eigenvalue weighted by Gasteiger charge is -2.27. The Hall–Kier alpha value is -1.59. The quantitative estimate of drug-likeness (QED) is 0.861. The fraction of sp³-hybridized carbons (Fsp3) is 0.562. The van der Waals surface area contributed by atoms with Crippen LogP contribution in [0.2, 0.25) is 0 Å². The molecule has 0 radical (unpaired) electrons. The molecule has 5 heteroatoms. The molecule has 1 heterocycles. The summed E-state index contributed by atoms with van der Waals surface area (Å²) in [6.45, 7) is 5.63. The van der Waals surface area contributed by atoms with Crippen molar-refractivity contribution in [3.05, 3.63) is 29.8 Å². The lowest BCUT2D eigenvalue weighted by molar-refractivity contribution is -0.135. The number of carbonyl (C=O) groups is 1. The molecular weight excluding hydrogens is 268 g/mol. The number of ether oxygens (including phenoxy) is 2. The lowest BCUT2D eigenvalue weighted by atomic mass is 10.1. The average molecular weight is 292 g/mol. The highest BCUT2D eigenvalue weighted by molar-refractivity contribution is 5.76. The van der Waals surface area contributed by atoms with Gasteiger partial charge in [-0.3, -0.25) is 4.79 Å². The van der Waals surface area contributed by atoms with Gasteiger partial charge in [-0.1, -0.05) is 12.1 Å². The molecule has 0 saturated carbocycles. The van der Waals surface area contributed by atoms with Crippen molar-refractivity contribution in [2.75, 3.05) is 33.4 Å². The smallest absolute Gasteiger partial charge is 0.225 e. The fourth-order valence-corrected chi connectivity index (χ4v) is 2.40. The van der Waals surface area contributed by atoms with Crippen molar-refractivity contribution in [2.45, 2.75) is 26.0 Å². The molecule has 1 aromatic carbocycles. The molecule has 1 atom stereocenters. The van der Waals surface area contributed by atoms with Crippen LogP contribution in [0.1, 0.15) is 18.9 Å². The summed E-state index contributed by atoms with van der Waals surface area (Å²) in [5, 5.41) is 3.25. The van der Waals surface area contributed by atoms with Gasteiger partial charge in [0.05, 0.1) is 26.2 Å². The summed E-state index contributed by atoms with van der Waals surface area (Å²) < 4.78 is 10.7. The van der Waals surface area contributed by atoms with Crippen LogP contribution in [0.5, 0.6) is 5.75 Å². The van der Waals surface area contributed by atoms with E-state index in [0.717, 1.165) is 24.4 Å². The van der Waals surface area contributed by atoms with Crippen LogP contribution in [0, 0.1) is 0 Å². The maximum Gasteiger partial charge on any atom is 0.225 e. The zero-order valence-corrected chi connectivity index (χ0v) is 12.8. The van der Waals surface area contributed by atoms with Crippen molar-refractivity contribution in [1.82, 2.24) is 10.2 Å². The van der Waals surface area contributed by atoms with E-state index in [1.165, 1.54) is 0 Å². The van der Waals surface area contributed by atoms with Gasteiger partial charge in [-0.25, -0.2) is 0 Å². The van der Waals surface area contributed by atoms with Gasteiger partial charge < -0.3 is 19.7 Å². The third kappa shape index (κ3) is 4.72. The van der Waals surface area contributed by atoms with E-state index < -0.39 is 0 Å². The molecule has 21 heavy (non-hydrogen) atoms. The molecule has 1 aliphatic rings. The molecule has 1 aliphatic heterocycles. The number of morpholine rings is 1. The van der Waals surface area contributed by atoms with Crippen molar-refractivity contribution in [3.63, 3.8) is 0 Å². The maximum atomic E-state index is 12.4. The number of methoxy groups -OCH3 is 1. The molecular formula is C16H24N2O3. The van der Waals surface area contributed by atoms with Crippen molar-refractivity contribution >= 4 is 5.91 Å². The highest BCUT2D eigenvalue weighted by Crippen LogP contribution is 2.14. The third-order valence-electron chi connectivity index (χ3n) is 3.67. The van der Waals surface area contributed by atoms with E-state index in [1.807, 2.05) is 36.1 Å². The molecule has 1 saturated heterocycles. The van der Waals surface area contributed by atoms with Crippen LogP contribution in [0.4, 0.5) is 0 Å². The second-order valence-corrected chi connectivity index (χ2v) is 5.16. The fourth-order valence-electron chi connectivity index (χ4n) is 2.40. The molecule has 0 spiro atoms. The maximum absolute atomic E-state index is 12.4.